The van der Waals surface area contributed by atoms with E-state index in [9.17, 15) is 9.59 Å². The third-order valence-corrected chi connectivity index (χ3v) is 6.10. The lowest BCUT2D eigenvalue weighted by atomic mass is 9.97. The molecule has 3 rings (SSSR count). The number of H-pyrrole nitrogens is 1. The Labute approximate surface area is 148 Å². The van der Waals surface area contributed by atoms with Gasteiger partial charge in [-0.15, -0.1) is 23.1 Å². The molecule has 0 radical (unpaired) electrons. The number of amides is 1. The zero-order valence-corrected chi connectivity index (χ0v) is 15.3. The van der Waals surface area contributed by atoms with Crippen LogP contribution in [-0.2, 0) is 28.1 Å². The molecule has 0 saturated heterocycles. The molecule has 1 amide bonds. The zero-order chi connectivity index (χ0) is 16.9. The molecule has 2 N–H and O–H groups in total. The number of methoxy groups -OCH3 is 1. The van der Waals surface area contributed by atoms with Crippen molar-refractivity contribution in [2.24, 2.45) is 0 Å². The van der Waals surface area contributed by atoms with E-state index in [0.717, 1.165) is 29.5 Å². The summed E-state index contributed by atoms with van der Waals surface area (Å²) in [5, 5.41) is 3.55. The van der Waals surface area contributed by atoms with Crippen molar-refractivity contribution in [1.29, 1.82) is 0 Å². The van der Waals surface area contributed by atoms with Crippen molar-refractivity contribution >= 4 is 39.2 Å². The first-order valence-electron chi connectivity index (χ1n) is 8.06. The van der Waals surface area contributed by atoms with Crippen LogP contribution >= 0.6 is 23.1 Å². The number of hydrogen-bond donors (Lipinski definition) is 2. The summed E-state index contributed by atoms with van der Waals surface area (Å²) < 4.78 is 4.88. The smallest absolute Gasteiger partial charge is 0.259 e. The highest BCUT2D eigenvalue weighted by atomic mass is 32.2. The molecule has 6 nitrogen and oxygen atoms in total. The van der Waals surface area contributed by atoms with Crippen molar-refractivity contribution < 1.29 is 9.53 Å². The van der Waals surface area contributed by atoms with Gasteiger partial charge >= 0.3 is 0 Å². The number of thiophene rings is 1. The Kier molecular flexibility index (Phi) is 5.91. The number of nitrogens with zero attached hydrogens (tertiary/aromatic N) is 1. The molecule has 0 aromatic carbocycles. The normalized spacial score (nSPS) is 13.9. The van der Waals surface area contributed by atoms with Crippen LogP contribution in [0.25, 0.3) is 10.2 Å². The lowest BCUT2D eigenvalue weighted by Gasteiger charge is -2.09. The van der Waals surface area contributed by atoms with Crippen LogP contribution in [0.1, 0.15) is 29.1 Å². The average molecular weight is 367 g/mol. The summed E-state index contributed by atoms with van der Waals surface area (Å²) in [6, 6.07) is 0. The van der Waals surface area contributed by atoms with Gasteiger partial charge in [-0.3, -0.25) is 9.59 Å². The molecule has 1 aliphatic carbocycles. The number of thioether (sulfide) groups is 1. The van der Waals surface area contributed by atoms with E-state index in [1.54, 1.807) is 18.4 Å². The predicted octanol–water partition coefficient (Wildman–Crippen LogP) is 1.86. The third kappa shape index (κ3) is 3.99. The van der Waals surface area contributed by atoms with Gasteiger partial charge in [0, 0.05) is 18.5 Å². The molecule has 24 heavy (non-hydrogen) atoms. The van der Waals surface area contributed by atoms with Crippen LogP contribution < -0.4 is 10.9 Å². The molecular weight excluding hydrogens is 346 g/mol. The van der Waals surface area contributed by atoms with Gasteiger partial charge in [-0.2, -0.15) is 0 Å². The molecule has 2 aromatic heterocycles. The molecule has 2 heterocycles. The van der Waals surface area contributed by atoms with E-state index >= 15 is 0 Å². The third-order valence-electron chi connectivity index (χ3n) is 3.97. The fourth-order valence-corrected chi connectivity index (χ4v) is 4.86. The van der Waals surface area contributed by atoms with Crippen molar-refractivity contribution in [2.45, 2.75) is 31.4 Å². The first-order valence-corrected chi connectivity index (χ1v) is 10.0. The molecule has 130 valence electrons. The van der Waals surface area contributed by atoms with E-state index < -0.39 is 0 Å². The van der Waals surface area contributed by atoms with Gasteiger partial charge in [0.05, 0.1) is 23.5 Å². The van der Waals surface area contributed by atoms with E-state index in [1.165, 1.54) is 28.6 Å². The molecule has 0 unspecified atom stereocenters. The maximum atomic E-state index is 12.4. The van der Waals surface area contributed by atoms with Crippen molar-refractivity contribution in [3.05, 3.63) is 26.6 Å². The summed E-state index contributed by atoms with van der Waals surface area (Å²) in [6.07, 6.45) is 4.38. The maximum Gasteiger partial charge on any atom is 0.259 e. The number of aromatic amines is 1. The Balaban J connectivity index is 1.64. The van der Waals surface area contributed by atoms with E-state index in [-0.39, 0.29) is 11.5 Å². The van der Waals surface area contributed by atoms with Crippen LogP contribution in [0.15, 0.2) is 4.79 Å². The number of hydrogen-bond acceptors (Lipinski definition) is 6. The summed E-state index contributed by atoms with van der Waals surface area (Å²) in [6.45, 7) is 1.02. The number of nitrogens with one attached hydrogen (secondary N) is 2. The number of carbonyl (C=O) groups is 1. The van der Waals surface area contributed by atoms with E-state index in [2.05, 4.69) is 15.3 Å². The number of aromatic nitrogens is 2. The minimum atomic E-state index is -0.0421. The highest BCUT2D eigenvalue weighted by Crippen LogP contribution is 2.33. The SMILES string of the molecule is COCCNC(=O)CSCc1nc2sc3c(c2c(=O)[nH]1)CCCC3. The molecule has 0 saturated carbocycles. The maximum absolute atomic E-state index is 12.4. The van der Waals surface area contributed by atoms with Crippen LogP contribution in [0.5, 0.6) is 0 Å². The first kappa shape index (κ1) is 17.4. The van der Waals surface area contributed by atoms with Crippen molar-refractivity contribution in [3.8, 4) is 0 Å². The van der Waals surface area contributed by atoms with Gasteiger partial charge < -0.3 is 15.0 Å². The van der Waals surface area contributed by atoms with Crippen LogP contribution in [0, 0.1) is 0 Å². The molecule has 2 aromatic rings. The van der Waals surface area contributed by atoms with E-state index in [4.69, 9.17) is 4.74 Å². The number of carbonyl (C=O) groups excluding carboxylic acids is 1. The lowest BCUT2D eigenvalue weighted by Crippen LogP contribution is -2.28. The number of aryl methyl sites for hydroxylation is 2. The van der Waals surface area contributed by atoms with Crippen molar-refractivity contribution in [2.75, 3.05) is 26.0 Å². The summed E-state index contributed by atoms with van der Waals surface area (Å²) in [4.78, 5) is 33.7. The van der Waals surface area contributed by atoms with Crippen molar-refractivity contribution in [1.82, 2.24) is 15.3 Å². The summed E-state index contributed by atoms with van der Waals surface area (Å²) in [7, 11) is 1.60. The number of fused-ring (bicyclic) bond motifs is 3. The van der Waals surface area contributed by atoms with E-state index in [0.29, 0.717) is 30.5 Å². The zero-order valence-electron chi connectivity index (χ0n) is 13.6. The second kappa shape index (κ2) is 8.13. The Bertz CT molecular complexity index is 785. The minimum absolute atomic E-state index is 0.0351. The van der Waals surface area contributed by atoms with Gasteiger partial charge in [-0.05, 0) is 31.2 Å². The second-order valence-corrected chi connectivity index (χ2v) is 7.81. The first-order chi connectivity index (χ1) is 11.7. The van der Waals surface area contributed by atoms with Crippen LogP contribution in [0.3, 0.4) is 0 Å². The molecule has 0 aliphatic heterocycles. The number of rotatable bonds is 7. The van der Waals surface area contributed by atoms with Gasteiger partial charge in [0.25, 0.3) is 5.56 Å². The Morgan fingerprint density at radius 1 is 1.42 bits per heavy atom. The molecule has 1 aliphatic rings. The summed E-state index contributed by atoms with van der Waals surface area (Å²) >= 11 is 3.09. The van der Waals surface area contributed by atoms with Gasteiger partial charge in [-0.1, -0.05) is 0 Å². The second-order valence-electron chi connectivity index (χ2n) is 5.74. The Morgan fingerprint density at radius 2 is 2.25 bits per heavy atom. The van der Waals surface area contributed by atoms with Crippen molar-refractivity contribution in [3.63, 3.8) is 0 Å². The fraction of sp³-hybridized carbons (Fsp3) is 0.562. The van der Waals surface area contributed by atoms with Gasteiger partial charge in [0.15, 0.2) is 0 Å². The van der Waals surface area contributed by atoms with Crippen LogP contribution in [-0.4, -0.2) is 41.9 Å². The minimum Gasteiger partial charge on any atom is -0.383 e. The topological polar surface area (TPSA) is 84.1 Å². The highest BCUT2D eigenvalue weighted by molar-refractivity contribution is 7.99. The summed E-state index contributed by atoms with van der Waals surface area (Å²) in [5.41, 5.74) is 1.16. The molecule has 0 bridgehead atoms. The Hall–Kier alpha value is -1.38. The fourth-order valence-electron chi connectivity index (χ4n) is 2.86. The van der Waals surface area contributed by atoms with Gasteiger partial charge in [0.2, 0.25) is 5.91 Å². The summed E-state index contributed by atoms with van der Waals surface area (Å²) in [5.74, 6) is 1.46. The average Bonchev–Trinajstić information content (AvgIpc) is 2.94. The Morgan fingerprint density at radius 3 is 3.08 bits per heavy atom. The molecule has 8 heteroatoms. The molecular formula is C16H21N3O3S2. The van der Waals surface area contributed by atoms with Gasteiger partial charge in [0.1, 0.15) is 10.7 Å². The van der Waals surface area contributed by atoms with E-state index in [1.807, 2.05) is 0 Å². The standard InChI is InChI=1S/C16H21N3O3S2/c1-22-7-6-17-13(20)9-23-8-12-18-15(21)14-10-4-2-3-5-11(10)24-16(14)19-12/h2-9H2,1H3,(H,17,20)(H,18,19,21). The number of ether oxygens (including phenoxy) is 1. The molecule has 0 spiro atoms. The highest BCUT2D eigenvalue weighted by Gasteiger charge is 2.19. The molecule has 0 atom stereocenters. The largest absolute Gasteiger partial charge is 0.383 e. The predicted molar refractivity (Wildman–Crippen MR) is 97.9 cm³/mol. The quantitative estimate of drug-likeness (QED) is 0.730. The lowest BCUT2D eigenvalue weighted by molar-refractivity contribution is -0.118. The van der Waals surface area contributed by atoms with Crippen LogP contribution in [0.4, 0.5) is 0 Å². The molecule has 0 fully saturated rings. The monoisotopic (exact) mass is 367 g/mol. The van der Waals surface area contributed by atoms with Crippen LogP contribution in [0.2, 0.25) is 0 Å². The van der Waals surface area contributed by atoms with Gasteiger partial charge in [-0.25, -0.2) is 4.98 Å².